The largest absolute Gasteiger partial charge is 0.496 e. The zero-order valence-electron chi connectivity index (χ0n) is 13.2. The molecule has 118 valence electrons. The average Bonchev–Trinajstić information content (AvgIpc) is 2.54. The van der Waals surface area contributed by atoms with Gasteiger partial charge in [-0.15, -0.1) is 0 Å². The molecule has 1 fully saturated rings. The van der Waals surface area contributed by atoms with Crippen LogP contribution in [0.1, 0.15) is 30.4 Å². The summed E-state index contributed by atoms with van der Waals surface area (Å²) in [6.45, 7) is 0.742. The molecule has 3 rings (SSSR count). The van der Waals surface area contributed by atoms with Crippen molar-refractivity contribution >= 4 is 11.5 Å². The Kier molecular flexibility index (Phi) is 4.07. The quantitative estimate of drug-likeness (QED) is 0.886. The number of rotatable bonds is 5. The van der Waals surface area contributed by atoms with Gasteiger partial charge in [0.25, 0.3) is 0 Å². The van der Waals surface area contributed by atoms with Gasteiger partial charge in [0.15, 0.2) is 0 Å². The first-order chi connectivity index (χ1) is 11.2. The van der Waals surface area contributed by atoms with Crippen molar-refractivity contribution in [3.63, 3.8) is 0 Å². The van der Waals surface area contributed by atoms with Crippen molar-refractivity contribution in [2.24, 2.45) is 0 Å². The second kappa shape index (κ2) is 6.17. The Balaban J connectivity index is 1.86. The summed E-state index contributed by atoms with van der Waals surface area (Å²) in [5, 5.41) is 12.7. The van der Waals surface area contributed by atoms with Crippen molar-refractivity contribution in [3.05, 3.63) is 47.7 Å². The van der Waals surface area contributed by atoms with E-state index in [1.54, 1.807) is 19.4 Å². The van der Waals surface area contributed by atoms with Gasteiger partial charge >= 0.3 is 0 Å². The maximum absolute atomic E-state index is 9.27. The molecule has 1 aliphatic rings. The fourth-order valence-corrected chi connectivity index (χ4v) is 3.23. The van der Waals surface area contributed by atoms with Crippen LogP contribution in [0.2, 0.25) is 0 Å². The molecule has 1 aromatic heterocycles. The standard InChI is InChI=1S/C18H20N4O/c1-23-16-6-3-2-5-14(16)18(8-4-9-18)12-22-15-7-10-21-17(20)13(15)11-19/h2-3,5-7,10H,4,8-9,12H2,1H3,(H3,20,21,22). The first-order valence-corrected chi connectivity index (χ1v) is 7.72. The van der Waals surface area contributed by atoms with Crippen molar-refractivity contribution < 1.29 is 4.74 Å². The fraction of sp³-hybridized carbons (Fsp3) is 0.333. The number of nitrogens with two attached hydrogens (primary N) is 1. The van der Waals surface area contributed by atoms with Gasteiger partial charge in [-0.1, -0.05) is 24.6 Å². The third-order valence-electron chi connectivity index (χ3n) is 4.70. The Morgan fingerprint density at radius 3 is 2.78 bits per heavy atom. The highest BCUT2D eigenvalue weighted by Crippen LogP contribution is 2.47. The van der Waals surface area contributed by atoms with Gasteiger partial charge in [0.2, 0.25) is 0 Å². The predicted octanol–water partition coefficient (Wildman–Crippen LogP) is 3.08. The Labute approximate surface area is 136 Å². The Bertz CT molecular complexity index is 747. The van der Waals surface area contributed by atoms with Crippen LogP contribution in [0.25, 0.3) is 0 Å². The van der Waals surface area contributed by atoms with Crippen molar-refractivity contribution in [3.8, 4) is 11.8 Å². The number of nitrogens with zero attached hydrogens (tertiary/aromatic N) is 2. The van der Waals surface area contributed by atoms with Gasteiger partial charge in [0.05, 0.1) is 12.8 Å². The molecule has 0 saturated heterocycles. The molecular weight excluding hydrogens is 288 g/mol. The Hall–Kier alpha value is -2.74. The van der Waals surface area contributed by atoms with Crippen LogP contribution in [-0.4, -0.2) is 18.6 Å². The molecule has 23 heavy (non-hydrogen) atoms. The van der Waals surface area contributed by atoms with Gasteiger partial charge in [0.1, 0.15) is 23.2 Å². The van der Waals surface area contributed by atoms with E-state index in [4.69, 9.17) is 10.5 Å². The lowest BCUT2D eigenvalue weighted by atomic mass is 9.64. The molecule has 5 nitrogen and oxygen atoms in total. The van der Waals surface area contributed by atoms with Crippen LogP contribution in [0.4, 0.5) is 11.5 Å². The van der Waals surface area contributed by atoms with E-state index in [0.29, 0.717) is 5.56 Å². The van der Waals surface area contributed by atoms with E-state index >= 15 is 0 Å². The van der Waals surface area contributed by atoms with Crippen LogP contribution >= 0.6 is 0 Å². The first-order valence-electron chi connectivity index (χ1n) is 7.72. The van der Waals surface area contributed by atoms with Crippen molar-refractivity contribution in [1.82, 2.24) is 4.98 Å². The molecule has 0 bridgehead atoms. The number of pyridine rings is 1. The highest BCUT2D eigenvalue weighted by Gasteiger charge is 2.40. The summed E-state index contributed by atoms with van der Waals surface area (Å²) in [5.41, 5.74) is 8.19. The summed E-state index contributed by atoms with van der Waals surface area (Å²) in [5.74, 6) is 1.18. The second-order valence-corrected chi connectivity index (χ2v) is 5.92. The summed E-state index contributed by atoms with van der Waals surface area (Å²) < 4.78 is 5.53. The number of nitrogen functional groups attached to an aromatic ring is 1. The lowest BCUT2D eigenvalue weighted by Crippen LogP contribution is -2.41. The highest BCUT2D eigenvalue weighted by molar-refractivity contribution is 5.66. The van der Waals surface area contributed by atoms with E-state index in [1.807, 2.05) is 18.2 Å². The maximum atomic E-state index is 9.27. The van der Waals surface area contributed by atoms with E-state index in [1.165, 1.54) is 12.0 Å². The van der Waals surface area contributed by atoms with E-state index < -0.39 is 0 Å². The van der Waals surface area contributed by atoms with Crippen LogP contribution < -0.4 is 15.8 Å². The van der Waals surface area contributed by atoms with Gasteiger partial charge in [-0.05, 0) is 25.0 Å². The van der Waals surface area contributed by atoms with Gasteiger partial charge in [-0.25, -0.2) is 4.98 Å². The fourth-order valence-electron chi connectivity index (χ4n) is 3.23. The molecule has 1 heterocycles. The molecule has 0 spiro atoms. The normalized spacial score (nSPS) is 15.3. The van der Waals surface area contributed by atoms with Crippen molar-refractivity contribution in [1.29, 1.82) is 5.26 Å². The monoisotopic (exact) mass is 308 g/mol. The number of para-hydroxylation sites is 1. The van der Waals surface area contributed by atoms with Gasteiger partial charge in [-0.3, -0.25) is 0 Å². The van der Waals surface area contributed by atoms with Crippen molar-refractivity contribution in [2.45, 2.75) is 24.7 Å². The van der Waals surface area contributed by atoms with E-state index in [2.05, 4.69) is 22.4 Å². The number of nitrogens with one attached hydrogen (secondary N) is 1. The zero-order valence-corrected chi connectivity index (χ0v) is 13.2. The number of ether oxygens (including phenoxy) is 1. The summed E-state index contributed by atoms with van der Waals surface area (Å²) in [6, 6.07) is 12.1. The van der Waals surface area contributed by atoms with Gasteiger partial charge in [0, 0.05) is 23.7 Å². The molecule has 0 aliphatic heterocycles. The van der Waals surface area contributed by atoms with E-state index in [0.717, 1.165) is 30.8 Å². The Morgan fingerprint density at radius 2 is 2.13 bits per heavy atom. The minimum Gasteiger partial charge on any atom is -0.496 e. The van der Waals surface area contributed by atoms with Gasteiger partial charge in [-0.2, -0.15) is 5.26 Å². The number of hydrogen-bond donors (Lipinski definition) is 2. The lowest BCUT2D eigenvalue weighted by Gasteiger charge is -2.43. The molecule has 0 unspecified atom stereocenters. The van der Waals surface area contributed by atoms with Crippen molar-refractivity contribution in [2.75, 3.05) is 24.7 Å². The number of methoxy groups -OCH3 is 1. The molecule has 2 aromatic rings. The number of benzene rings is 1. The Morgan fingerprint density at radius 1 is 1.35 bits per heavy atom. The molecule has 1 saturated carbocycles. The van der Waals surface area contributed by atoms with E-state index in [9.17, 15) is 5.26 Å². The molecule has 5 heteroatoms. The topological polar surface area (TPSA) is 84.0 Å². The zero-order chi connectivity index (χ0) is 16.3. The number of anilines is 2. The molecule has 1 aliphatic carbocycles. The minimum absolute atomic E-state index is 0.0390. The van der Waals surface area contributed by atoms with Crippen LogP contribution in [0, 0.1) is 11.3 Å². The smallest absolute Gasteiger partial charge is 0.143 e. The maximum Gasteiger partial charge on any atom is 0.143 e. The number of aromatic nitrogens is 1. The first kappa shape index (κ1) is 15.2. The van der Waals surface area contributed by atoms with Crippen LogP contribution in [-0.2, 0) is 5.41 Å². The molecule has 0 radical (unpaired) electrons. The lowest BCUT2D eigenvalue weighted by molar-refractivity contribution is 0.250. The van der Waals surface area contributed by atoms with Crippen LogP contribution in [0.15, 0.2) is 36.5 Å². The molecular formula is C18H20N4O. The van der Waals surface area contributed by atoms with Crippen LogP contribution in [0.5, 0.6) is 5.75 Å². The number of hydrogen-bond acceptors (Lipinski definition) is 5. The van der Waals surface area contributed by atoms with Crippen LogP contribution in [0.3, 0.4) is 0 Å². The van der Waals surface area contributed by atoms with E-state index in [-0.39, 0.29) is 11.2 Å². The second-order valence-electron chi connectivity index (χ2n) is 5.92. The highest BCUT2D eigenvalue weighted by atomic mass is 16.5. The third kappa shape index (κ3) is 2.68. The summed E-state index contributed by atoms with van der Waals surface area (Å²) in [6.07, 6.45) is 5.02. The molecule has 0 amide bonds. The minimum atomic E-state index is 0.0390. The summed E-state index contributed by atoms with van der Waals surface area (Å²) >= 11 is 0. The molecule has 1 aromatic carbocycles. The summed E-state index contributed by atoms with van der Waals surface area (Å²) in [4.78, 5) is 3.97. The average molecular weight is 308 g/mol. The number of nitriles is 1. The molecule has 0 atom stereocenters. The third-order valence-corrected chi connectivity index (χ3v) is 4.70. The predicted molar refractivity (Wildman–Crippen MR) is 90.4 cm³/mol. The SMILES string of the molecule is COc1ccccc1C1(CNc2ccnc(N)c2C#N)CCC1. The summed E-state index contributed by atoms with van der Waals surface area (Å²) in [7, 11) is 1.70. The van der Waals surface area contributed by atoms with Gasteiger partial charge < -0.3 is 15.8 Å². The molecule has 3 N–H and O–H groups in total.